The van der Waals surface area contributed by atoms with Crippen molar-refractivity contribution in [1.82, 2.24) is 5.32 Å². The first-order valence-electron chi connectivity index (χ1n) is 7.22. The Morgan fingerprint density at radius 2 is 2.24 bits per heavy atom. The minimum atomic E-state index is -0.246. The predicted octanol–water partition coefficient (Wildman–Crippen LogP) is 0.596. The van der Waals surface area contributed by atoms with Gasteiger partial charge in [-0.15, -0.1) is 0 Å². The summed E-state index contributed by atoms with van der Waals surface area (Å²) in [5.41, 5.74) is 1.44. The number of carbonyl (C=O) groups excluding carboxylic acids is 2. The lowest BCUT2D eigenvalue weighted by Crippen LogP contribution is -2.49. The van der Waals surface area contributed by atoms with Crippen LogP contribution < -0.4 is 15.5 Å². The number of nitrogens with zero attached hydrogens (tertiary/aromatic N) is 1. The summed E-state index contributed by atoms with van der Waals surface area (Å²) < 4.78 is 5.44. The van der Waals surface area contributed by atoms with Gasteiger partial charge in [0.1, 0.15) is 6.54 Å². The number of amides is 2. The standard InChI is InChI=1S/C15H19N3O3/c1-2-16-12-9-21-8-10(12)15(20)18-7-14(19)17-11-5-3-4-6-13(11)18/h3-6,10,12,16H,2,7-9H2,1H3,(H,17,19). The molecule has 0 aliphatic carbocycles. The third-order valence-electron chi connectivity index (χ3n) is 3.90. The van der Waals surface area contributed by atoms with Crippen molar-refractivity contribution >= 4 is 23.2 Å². The van der Waals surface area contributed by atoms with Gasteiger partial charge in [0.05, 0.1) is 30.5 Å². The van der Waals surface area contributed by atoms with Gasteiger partial charge < -0.3 is 20.3 Å². The van der Waals surface area contributed by atoms with Gasteiger partial charge in [0.15, 0.2) is 0 Å². The van der Waals surface area contributed by atoms with E-state index in [4.69, 9.17) is 4.74 Å². The highest BCUT2D eigenvalue weighted by Crippen LogP contribution is 2.31. The molecule has 2 aliphatic heterocycles. The number of carbonyl (C=O) groups is 2. The zero-order valence-corrected chi connectivity index (χ0v) is 12.0. The van der Waals surface area contributed by atoms with Crippen molar-refractivity contribution in [2.24, 2.45) is 5.92 Å². The molecule has 0 radical (unpaired) electrons. The topological polar surface area (TPSA) is 70.7 Å². The first-order chi connectivity index (χ1) is 10.2. The normalized spacial score (nSPS) is 24.6. The van der Waals surface area contributed by atoms with Gasteiger partial charge in [-0.1, -0.05) is 19.1 Å². The summed E-state index contributed by atoms with van der Waals surface area (Å²) in [4.78, 5) is 26.2. The van der Waals surface area contributed by atoms with Gasteiger partial charge >= 0.3 is 0 Å². The van der Waals surface area contributed by atoms with Crippen molar-refractivity contribution in [1.29, 1.82) is 0 Å². The summed E-state index contributed by atoms with van der Waals surface area (Å²) in [7, 11) is 0. The third-order valence-corrected chi connectivity index (χ3v) is 3.90. The molecule has 2 heterocycles. The Morgan fingerprint density at radius 3 is 3.05 bits per heavy atom. The molecule has 21 heavy (non-hydrogen) atoms. The molecule has 2 aliphatic rings. The van der Waals surface area contributed by atoms with Gasteiger partial charge in [0, 0.05) is 6.04 Å². The van der Waals surface area contributed by atoms with Crippen LogP contribution in [0.15, 0.2) is 24.3 Å². The summed E-state index contributed by atoms with van der Waals surface area (Å²) in [6, 6.07) is 7.38. The molecule has 2 amide bonds. The number of para-hydroxylation sites is 2. The first kappa shape index (κ1) is 14.0. The van der Waals surface area contributed by atoms with E-state index in [-0.39, 0.29) is 30.3 Å². The molecule has 0 spiro atoms. The van der Waals surface area contributed by atoms with Gasteiger partial charge in [-0.25, -0.2) is 0 Å². The lowest BCUT2D eigenvalue weighted by Gasteiger charge is -2.32. The van der Waals surface area contributed by atoms with E-state index in [0.29, 0.717) is 18.9 Å². The number of anilines is 2. The van der Waals surface area contributed by atoms with Gasteiger partial charge in [0.2, 0.25) is 11.8 Å². The molecule has 1 saturated heterocycles. The van der Waals surface area contributed by atoms with Crippen LogP contribution in [0.3, 0.4) is 0 Å². The van der Waals surface area contributed by atoms with Gasteiger partial charge in [0.25, 0.3) is 0 Å². The highest BCUT2D eigenvalue weighted by Gasteiger charge is 2.38. The maximum absolute atomic E-state index is 12.8. The minimum Gasteiger partial charge on any atom is -0.379 e. The monoisotopic (exact) mass is 289 g/mol. The molecule has 2 N–H and O–H groups in total. The summed E-state index contributed by atoms with van der Waals surface area (Å²) >= 11 is 0. The molecular weight excluding hydrogens is 270 g/mol. The van der Waals surface area contributed by atoms with E-state index in [1.807, 2.05) is 25.1 Å². The van der Waals surface area contributed by atoms with Crippen LogP contribution in [0.4, 0.5) is 11.4 Å². The highest BCUT2D eigenvalue weighted by molar-refractivity contribution is 6.10. The molecule has 6 heteroatoms. The maximum Gasteiger partial charge on any atom is 0.244 e. The van der Waals surface area contributed by atoms with Crippen molar-refractivity contribution < 1.29 is 14.3 Å². The lowest BCUT2D eigenvalue weighted by atomic mass is 10.0. The zero-order valence-electron chi connectivity index (χ0n) is 12.0. The Morgan fingerprint density at radius 1 is 1.43 bits per heavy atom. The van der Waals surface area contributed by atoms with Crippen LogP contribution in [0.25, 0.3) is 0 Å². The number of hydrogen-bond donors (Lipinski definition) is 2. The van der Waals surface area contributed by atoms with E-state index in [0.717, 1.165) is 12.2 Å². The molecule has 6 nitrogen and oxygen atoms in total. The molecule has 2 atom stereocenters. The zero-order chi connectivity index (χ0) is 14.8. The Labute approximate surface area is 123 Å². The number of nitrogens with one attached hydrogen (secondary N) is 2. The third kappa shape index (κ3) is 2.64. The van der Waals surface area contributed by atoms with Crippen molar-refractivity contribution in [2.75, 3.05) is 36.5 Å². The quantitative estimate of drug-likeness (QED) is 0.854. The Hall–Kier alpha value is -1.92. The fourth-order valence-electron chi connectivity index (χ4n) is 2.89. The fraction of sp³-hybridized carbons (Fsp3) is 0.467. The van der Waals surface area contributed by atoms with Gasteiger partial charge in [-0.2, -0.15) is 0 Å². The van der Waals surface area contributed by atoms with Crippen LogP contribution in [0.5, 0.6) is 0 Å². The van der Waals surface area contributed by atoms with E-state index < -0.39 is 0 Å². The van der Waals surface area contributed by atoms with Crippen molar-refractivity contribution in [2.45, 2.75) is 13.0 Å². The molecule has 1 fully saturated rings. The second kappa shape index (κ2) is 5.83. The molecule has 3 rings (SSSR count). The van der Waals surface area contributed by atoms with E-state index in [1.165, 1.54) is 0 Å². The average Bonchev–Trinajstić information content (AvgIpc) is 2.94. The summed E-state index contributed by atoms with van der Waals surface area (Å²) in [5.74, 6) is -0.467. The molecule has 1 aromatic rings. The summed E-state index contributed by atoms with van der Waals surface area (Å²) in [6.45, 7) is 3.78. The van der Waals surface area contributed by atoms with Crippen molar-refractivity contribution in [3.05, 3.63) is 24.3 Å². The van der Waals surface area contributed by atoms with E-state index >= 15 is 0 Å². The van der Waals surface area contributed by atoms with E-state index in [1.54, 1.807) is 11.0 Å². The van der Waals surface area contributed by atoms with Gasteiger partial charge in [-0.3, -0.25) is 9.59 Å². The Kier molecular flexibility index (Phi) is 3.90. The molecule has 0 bridgehead atoms. The predicted molar refractivity (Wildman–Crippen MR) is 79.2 cm³/mol. The Bertz CT molecular complexity index is 561. The molecule has 112 valence electrons. The van der Waals surface area contributed by atoms with E-state index in [2.05, 4.69) is 10.6 Å². The number of likely N-dealkylation sites (N-methyl/N-ethyl adjacent to an activating group) is 1. The van der Waals surface area contributed by atoms with Crippen LogP contribution in [0.2, 0.25) is 0 Å². The van der Waals surface area contributed by atoms with Crippen LogP contribution in [-0.4, -0.2) is 44.2 Å². The van der Waals surface area contributed by atoms with Crippen LogP contribution in [0, 0.1) is 5.92 Å². The maximum atomic E-state index is 12.8. The summed E-state index contributed by atoms with van der Waals surface area (Å²) in [5, 5.41) is 6.07. The molecule has 0 saturated carbocycles. The fourth-order valence-corrected chi connectivity index (χ4v) is 2.89. The van der Waals surface area contributed by atoms with Crippen molar-refractivity contribution in [3.8, 4) is 0 Å². The van der Waals surface area contributed by atoms with E-state index in [9.17, 15) is 9.59 Å². The number of fused-ring (bicyclic) bond motifs is 1. The first-order valence-corrected chi connectivity index (χ1v) is 7.22. The number of ether oxygens (including phenoxy) is 1. The van der Waals surface area contributed by atoms with Crippen LogP contribution in [-0.2, 0) is 14.3 Å². The molecule has 1 aromatic carbocycles. The smallest absolute Gasteiger partial charge is 0.244 e. The second-order valence-corrected chi connectivity index (χ2v) is 5.30. The molecular formula is C15H19N3O3. The van der Waals surface area contributed by atoms with Gasteiger partial charge in [-0.05, 0) is 18.7 Å². The SMILES string of the molecule is CCNC1COCC1C(=O)N1CC(=O)Nc2ccccc21. The van der Waals surface area contributed by atoms with Crippen LogP contribution in [0.1, 0.15) is 6.92 Å². The lowest BCUT2D eigenvalue weighted by molar-refractivity contribution is -0.125. The minimum absolute atomic E-state index is 0.0136. The largest absolute Gasteiger partial charge is 0.379 e. The summed E-state index contributed by atoms with van der Waals surface area (Å²) in [6.07, 6.45) is 0. The molecule has 0 aromatic heterocycles. The second-order valence-electron chi connectivity index (χ2n) is 5.30. The highest BCUT2D eigenvalue weighted by atomic mass is 16.5. The Balaban J connectivity index is 1.86. The number of rotatable bonds is 3. The van der Waals surface area contributed by atoms with Crippen molar-refractivity contribution in [3.63, 3.8) is 0 Å². The molecule has 2 unspecified atom stereocenters. The number of hydrogen-bond acceptors (Lipinski definition) is 4. The number of benzene rings is 1. The average molecular weight is 289 g/mol. The van der Waals surface area contributed by atoms with Crippen LogP contribution >= 0.6 is 0 Å².